The molecule has 6 nitrogen and oxygen atoms in total. The number of hydrogen-bond acceptors (Lipinski definition) is 4. The zero-order valence-electron chi connectivity index (χ0n) is 16.2. The predicted octanol–water partition coefficient (Wildman–Crippen LogP) is 3.99. The number of pyridine rings is 1. The first-order chi connectivity index (χ1) is 13.2. The maximum atomic E-state index is 5.46. The zero-order valence-corrected chi connectivity index (χ0v) is 16.2. The minimum atomic E-state index is 0.456. The second-order valence-corrected chi connectivity index (χ2v) is 6.49. The molecule has 0 saturated carbocycles. The first kappa shape index (κ1) is 18.9. The summed E-state index contributed by atoms with van der Waals surface area (Å²) in [6.45, 7) is 5.48. The highest BCUT2D eigenvalue weighted by Gasteiger charge is 2.13. The summed E-state index contributed by atoms with van der Waals surface area (Å²) in [4.78, 5) is 8.78. The number of rotatable bonds is 7. The van der Waals surface area contributed by atoms with Crippen molar-refractivity contribution in [1.29, 1.82) is 0 Å². The van der Waals surface area contributed by atoms with Crippen molar-refractivity contribution in [3.63, 3.8) is 0 Å². The van der Waals surface area contributed by atoms with E-state index in [0.717, 1.165) is 35.4 Å². The van der Waals surface area contributed by atoms with Gasteiger partial charge in [0.25, 0.3) is 0 Å². The lowest BCUT2D eigenvalue weighted by molar-refractivity contribution is 0.368. The lowest BCUT2D eigenvalue weighted by atomic mass is 9.99. The number of fused-ring (bicyclic) bond motifs is 1. The first-order valence-corrected chi connectivity index (χ1v) is 9.47. The molecule has 0 unspecified atom stereocenters. The molecule has 0 aliphatic heterocycles. The highest BCUT2D eigenvalue weighted by molar-refractivity contribution is 5.85. The number of nitrogens with one attached hydrogen (secondary N) is 2. The molecule has 142 valence electrons. The van der Waals surface area contributed by atoms with Gasteiger partial charge in [0.15, 0.2) is 11.7 Å². The summed E-state index contributed by atoms with van der Waals surface area (Å²) < 4.78 is 5.46. The fourth-order valence-corrected chi connectivity index (χ4v) is 3.19. The molecule has 6 heteroatoms. The van der Waals surface area contributed by atoms with Crippen LogP contribution in [0.1, 0.15) is 49.8 Å². The van der Waals surface area contributed by atoms with E-state index in [1.54, 1.807) is 7.05 Å². The van der Waals surface area contributed by atoms with Gasteiger partial charge in [-0.3, -0.25) is 9.98 Å². The molecular formula is C21H27N5O. The van der Waals surface area contributed by atoms with Crippen molar-refractivity contribution >= 4 is 16.7 Å². The Balaban J connectivity index is 1.58. The molecule has 1 aromatic carbocycles. The second kappa shape index (κ2) is 9.16. The highest BCUT2D eigenvalue weighted by Crippen LogP contribution is 2.22. The summed E-state index contributed by atoms with van der Waals surface area (Å²) in [6.07, 6.45) is 3.97. The second-order valence-electron chi connectivity index (χ2n) is 6.49. The van der Waals surface area contributed by atoms with Crippen molar-refractivity contribution in [3.8, 4) is 0 Å². The van der Waals surface area contributed by atoms with Gasteiger partial charge in [0, 0.05) is 30.6 Å². The Morgan fingerprint density at radius 1 is 1.11 bits per heavy atom. The van der Waals surface area contributed by atoms with E-state index in [1.807, 2.05) is 30.5 Å². The van der Waals surface area contributed by atoms with Gasteiger partial charge in [-0.05, 0) is 24.3 Å². The normalized spacial score (nSPS) is 11.9. The standard InChI is InChI=1S/C21H27N5O/c1-4-15(5-2)19-12-17(27-26-19)13-24-21(22-3)25-14-20-18-9-7-6-8-16(18)10-11-23-20/h6-12,15H,4-5,13-14H2,1-3H3,(H2,22,24,25). The average Bonchev–Trinajstić information content (AvgIpc) is 3.18. The number of benzene rings is 1. The molecule has 2 heterocycles. The van der Waals surface area contributed by atoms with Gasteiger partial charge in [0.05, 0.1) is 24.5 Å². The van der Waals surface area contributed by atoms with Crippen LogP contribution in [0.15, 0.2) is 52.1 Å². The molecule has 0 atom stereocenters. The Bertz CT molecular complexity index is 893. The SMILES string of the molecule is CCC(CC)c1cc(CNC(=NC)NCc2nccc3ccccc23)on1. The lowest BCUT2D eigenvalue weighted by Crippen LogP contribution is -2.36. The Hall–Kier alpha value is -2.89. The topological polar surface area (TPSA) is 75.3 Å². The third-order valence-electron chi connectivity index (χ3n) is 4.81. The number of aromatic nitrogens is 2. The molecule has 0 bridgehead atoms. The third kappa shape index (κ3) is 4.64. The molecule has 0 aliphatic rings. The van der Waals surface area contributed by atoms with E-state index in [1.165, 1.54) is 5.39 Å². The zero-order chi connectivity index (χ0) is 19.1. The van der Waals surface area contributed by atoms with Crippen LogP contribution >= 0.6 is 0 Å². The van der Waals surface area contributed by atoms with Crippen LogP contribution in [-0.2, 0) is 13.1 Å². The quantitative estimate of drug-likeness (QED) is 0.489. The van der Waals surface area contributed by atoms with Gasteiger partial charge in [0.2, 0.25) is 0 Å². The molecular weight excluding hydrogens is 338 g/mol. The monoisotopic (exact) mass is 365 g/mol. The summed E-state index contributed by atoms with van der Waals surface area (Å²) in [5.41, 5.74) is 2.02. The summed E-state index contributed by atoms with van der Waals surface area (Å²) in [5, 5.41) is 13.1. The van der Waals surface area contributed by atoms with E-state index in [0.29, 0.717) is 25.0 Å². The van der Waals surface area contributed by atoms with Crippen LogP contribution < -0.4 is 10.6 Å². The van der Waals surface area contributed by atoms with E-state index in [2.05, 4.69) is 51.7 Å². The molecule has 2 N–H and O–H groups in total. The van der Waals surface area contributed by atoms with E-state index in [9.17, 15) is 0 Å². The minimum Gasteiger partial charge on any atom is -0.359 e. The molecule has 3 rings (SSSR count). The molecule has 0 amide bonds. The van der Waals surface area contributed by atoms with Crippen LogP contribution in [0.5, 0.6) is 0 Å². The van der Waals surface area contributed by atoms with E-state index in [-0.39, 0.29) is 0 Å². The van der Waals surface area contributed by atoms with Crippen LogP contribution in [0.25, 0.3) is 10.8 Å². The van der Waals surface area contributed by atoms with Gasteiger partial charge in [-0.2, -0.15) is 0 Å². The van der Waals surface area contributed by atoms with Crippen molar-refractivity contribution in [1.82, 2.24) is 20.8 Å². The maximum Gasteiger partial charge on any atom is 0.191 e. The van der Waals surface area contributed by atoms with Crippen molar-refractivity contribution < 1.29 is 4.52 Å². The van der Waals surface area contributed by atoms with Crippen LogP contribution in [-0.4, -0.2) is 23.1 Å². The predicted molar refractivity (Wildman–Crippen MR) is 109 cm³/mol. The molecule has 0 saturated heterocycles. The third-order valence-corrected chi connectivity index (χ3v) is 4.81. The van der Waals surface area contributed by atoms with Gasteiger partial charge in [0.1, 0.15) is 0 Å². The van der Waals surface area contributed by atoms with E-state index < -0.39 is 0 Å². The van der Waals surface area contributed by atoms with Gasteiger partial charge in [-0.15, -0.1) is 0 Å². The van der Waals surface area contributed by atoms with Crippen molar-refractivity contribution in [2.24, 2.45) is 4.99 Å². The Morgan fingerprint density at radius 2 is 1.89 bits per heavy atom. The average molecular weight is 365 g/mol. The summed E-state index contributed by atoms with van der Waals surface area (Å²) in [6, 6.07) is 12.3. The van der Waals surface area contributed by atoms with Gasteiger partial charge in [-0.1, -0.05) is 43.3 Å². The van der Waals surface area contributed by atoms with Crippen molar-refractivity contribution in [2.45, 2.75) is 45.7 Å². The van der Waals surface area contributed by atoms with Gasteiger partial charge < -0.3 is 15.2 Å². The number of aliphatic imine (C=N–C) groups is 1. The first-order valence-electron chi connectivity index (χ1n) is 9.47. The Morgan fingerprint density at radius 3 is 2.67 bits per heavy atom. The van der Waals surface area contributed by atoms with E-state index >= 15 is 0 Å². The van der Waals surface area contributed by atoms with Crippen molar-refractivity contribution in [2.75, 3.05) is 7.05 Å². The highest BCUT2D eigenvalue weighted by atomic mass is 16.5. The van der Waals surface area contributed by atoms with E-state index in [4.69, 9.17) is 4.52 Å². The lowest BCUT2D eigenvalue weighted by Gasteiger charge is -2.11. The largest absolute Gasteiger partial charge is 0.359 e. The molecule has 27 heavy (non-hydrogen) atoms. The van der Waals surface area contributed by atoms with Crippen LogP contribution in [0.3, 0.4) is 0 Å². The Labute approximate surface area is 160 Å². The van der Waals surface area contributed by atoms with Crippen LogP contribution in [0.2, 0.25) is 0 Å². The molecule has 0 aliphatic carbocycles. The number of guanidine groups is 1. The fourth-order valence-electron chi connectivity index (χ4n) is 3.19. The maximum absolute atomic E-state index is 5.46. The molecule has 0 fully saturated rings. The Kier molecular flexibility index (Phi) is 6.41. The molecule has 2 aromatic heterocycles. The summed E-state index contributed by atoms with van der Waals surface area (Å²) in [5.74, 6) is 1.96. The van der Waals surface area contributed by atoms with Crippen LogP contribution in [0, 0.1) is 0 Å². The number of nitrogens with zero attached hydrogens (tertiary/aromatic N) is 3. The number of hydrogen-bond donors (Lipinski definition) is 2. The molecule has 0 spiro atoms. The molecule has 3 aromatic rings. The smallest absolute Gasteiger partial charge is 0.191 e. The van der Waals surface area contributed by atoms with Crippen LogP contribution in [0.4, 0.5) is 0 Å². The fraction of sp³-hybridized carbons (Fsp3) is 0.381. The summed E-state index contributed by atoms with van der Waals surface area (Å²) >= 11 is 0. The minimum absolute atomic E-state index is 0.456. The summed E-state index contributed by atoms with van der Waals surface area (Å²) in [7, 11) is 1.75. The van der Waals surface area contributed by atoms with Gasteiger partial charge in [-0.25, -0.2) is 0 Å². The molecule has 0 radical (unpaired) electrons. The van der Waals surface area contributed by atoms with Gasteiger partial charge >= 0.3 is 0 Å². The van der Waals surface area contributed by atoms with Crippen molar-refractivity contribution in [3.05, 3.63) is 59.7 Å².